The van der Waals surface area contributed by atoms with Crippen LogP contribution >= 0.6 is 11.6 Å². The normalized spacial score (nSPS) is 29.1. The van der Waals surface area contributed by atoms with E-state index in [0.717, 1.165) is 30.2 Å². The molecule has 0 amide bonds. The van der Waals surface area contributed by atoms with E-state index in [1.807, 2.05) is 12.1 Å². The van der Waals surface area contributed by atoms with Crippen LogP contribution in [0.5, 0.6) is 0 Å². The van der Waals surface area contributed by atoms with Crippen molar-refractivity contribution in [1.82, 2.24) is 4.90 Å². The van der Waals surface area contributed by atoms with Crippen LogP contribution in [0.15, 0.2) is 18.2 Å². The molecule has 0 radical (unpaired) electrons. The van der Waals surface area contributed by atoms with Crippen LogP contribution in [0, 0.1) is 17.2 Å². The molecule has 2 aliphatic rings. The number of halogens is 1. The number of fused-ring (bicyclic) bond motifs is 2. The highest BCUT2D eigenvalue weighted by molar-refractivity contribution is 6.32. The molecule has 106 valence electrons. The minimum Gasteiger partial charge on any atom is -0.385 e. The summed E-state index contributed by atoms with van der Waals surface area (Å²) in [4.78, 5) is 2.56. The lowest BCUT2D eigenvalue weighted by molar-refractivity contribution is 0.139. The summed E-state index contributed by atoms with van der Waals surface area (Å²) >= 11 is 6.06. The van der Waals surface area contributed by atoms with Gasteiger partial charge in [0.15, 0.2) is 0 Å². The largest absolute Gasteiger partial charge is 0.385 e. The zero-order chi connectivity index (χ0) is 14.1. The summed E-state index contributed by atoms with van der Waals surface area (Å²) in [6, 6.07) is 9.22. The smallest absolute Gasteiger partial charge is 0.101 e. The molecule has 20 heavy (non-hydrogen) atoms. The maximum absolute atomic E-state index is 8.87. The van der Waals surface area contributed by atoms with E-state index in [-0.39, 0.29) is 0 Å². The zero-order valence-corrected chi connectivity index (χ0v) is 12.5. The van der Waals surface area contributed by atoms with Gasteiger partial charge >= 0.3 is 0 Å². The van der Waals surface area contributed by atoms with Crippen LogP contribution in [0.25, 0.3) is 0 Å². The van der Waals surface area contributed by atoms with E-state index < -0.39 is 0 Å². The van der Waals surface area contributed by atoms with E-state index in [9.17, 15) is 0 Å². The first kappa shape index (κ1) is 13.7. The predicted octanol–water partition coefficient (Wildman–Crippen LogP) is 3.50. The Hall–Kier alpha value is -1.24. The second-order valence-electron chi connectivity index (χ2n) is 6.08. The van der Waals surface area contributed by atoms with Crippen LogP contribution in [0.1, 0.15) is 31.2 Å². The van der Waals surface area contributed by atoms with Crippen LogP contribution in [-0.2, 0) is 0 Å². The fourth-order valence-corrected chi connectivity index (χ4v) is 3.89. The number of nitrogens with one attached hydrogen (secondary N) is 1. The number of nitrogens with zero attached hydrogens (tertiary/aromatic N) is 2. The highest BCUT2D eigenvalue weighted by Crippen LogP contribution is 2.37. The lowest BCUT2D eigenvalue weighted by Crippen LogP contribution is -2.41. The third kappa shape index (κ3) is 2.63. The minimum atomic E-state index is 0.529. The lowest BCUT2D eigenvalue weighted by atomic mass is 9.91. The monoisotopic (exact) mass is 289 g/mol. The maximum atomic E-state index is 8.87. The van der Waals surface area contributed by atoms with Crippen molar-refractivity contribution in [3.63, 3.8) is 0 Å². The lowest BCUT2D eigenvalue weighted by Gasteiger charge is -2.36. The number of anilines is 1. The summed E-state index contributed by atoms with van der Waals surface area (Å²) in [5.74, 6) is 0.748. The van der Waals surface area contributed by atoms with Gasteiger partial charge in [-0.3, -0.25) is 0 Å². The molecular formula is C16H20ClN3. The molecule has 0 aliphatic carbocycles. The van der Waals surface area contributed by atoms with Gasteiger partial charge in [-0.15, -0.1) is 0 Å². The van der Waals surface area contributed by atoms with E-state index in [1.54, 1.807) is 6.07 Å². The molecule has 2 heterocycles. The minimum absolute atomic E-state index is 0.529. The van der Waals surface area contributed by atoms with Gasteiger partial charge in [0.1, 0.15) is 6.07 Å². The van der Waals surface area contributed by atoms with Gasteiger partial charge in [-0.25, -0.2) is 0 Å². The molecule has 2 unspecified atom stereocenters. The fraction of sp³-hybridized carbons (Fsp3) is 0.562. The number of hydrogen-bond acceptors (Lipinski definition) is 3. The summed E-state index contributed by atoms with van der Waals surface area (Å²) in [7, 11) is 2.27. The standard InChI is InChI=1S/C16H20ClN3/c1-20-14-4-5-15(20)7-11(6-14)10-19-13-3-2-12(9-18)16(17)8-13/h2-3,8,11,14-15,19H,4-7,10H2,1H3. The predicted molar refractivity (Wildman–Crippen MR) is 82.0 cm³/mol. The van der Waals surface area contributed by atoms with Gasteiger partial charge in [0, 0.05) is 24.3 Å². The van der Waals surface area contributed by atoms with Gasteiger partial charge in [0.05, 0.1) is 10.6 Å². The van der Waals surface area contributed by atoms with E-state index in [4.69, 9.17) is 16.9 Å². The van der Waals surface area contributed by atoms with E-state index in [2.05, 4.69) is 23.3 Å². The SMILES string of the molecule is CN1C2CCC1CC(CNc1ccc(C#N)c(Cl)c1)C2. The van der Waals surface area contributed by atoms with E-state index in [1.165, 1.54) is 25.7 Å². The van der Waals surface area contributed by atoms with Crippen LogP contribution in [-0.4, -0.2) is 30.6 Å². The first-order chi connectivity index (χ1) is 9.67. The molecule has 4 heteroatoms. The topological polar surface area (TPSA) is 39.1 Å². The van der Waals surface area contributed by atoms with Crippen molar-refractivity contribution in [3.8, 4) is 6.07 Å². The Morgan fingerprint density at radius 3 is 2.65 bits per heavy atom. The first-order valence-electron chi connectivity index (χ1n) is 7.33. The number of benzene rings is 1. The van der Waals surface area contributed by atoms with Gasteiger partial charge < -0.3 is 10.2 Å². The third-order valence-electron chi connectivity index (χ3n) is 4.88. The van der Waals surface area contributed by atoms with Crippen molar-refractivity contribution >= 4 is 17.3 Å². The van der Waals surface area contributed by atoms with Gasteiger partial charge in [0.2, 0.25) is 0 Å². The Bertz CT molecular complexity index is 523. The Balaban J connectivity index is 1.58. The Morgan fingerprint density at radius 2 is 2.05 bits per heavy atom. The molecule has 0 spiro atoms. The summed E-state index contributed by atoms with van der Waals surface area (Å²) in [5, 5.41) is 12.9. The number of rotatable bonds is 3. The summed E-state index contributed by atoms with van der Waals surface area (Å²) < 4.78 is 0. The summed E-state index contributed by atoms with van der Waals surface area (Å²) in [6.07, 6.45) is 5.31. The maximum Gasteiger partial charge on any atom is 0.101 e. The molecule has 3 rings (SSSR count). The first-order valence-corrected chi connectivity index (χ1v) is 7.70. The second kappa shape index (κ2) is 5.63. The number of nitriles is 1. The van der Waals surface area contributed by atoms with Crippen LogP contribution < -0.4 is 5.32 Å². The molecule has 0 saturated carbocycles. The molecule has 2 bridgehead atoms. The van der Waals surface area contributed by atoms with Crippen molar-refractivity contribution in [3.05, 3.63) is 28.8 Å². The molecule has 1 aromatic rings. The molecule has 1 aromatic carbocycles. The summed E-state index contributed by atoms with van der Waals surface area (Å²) in [6.45, 7) is 1.00. The van der Waals surface area contributed by atoms with Crippen LogP contribution in [0.4, 0.5) is 5.69 Å². The second-order valence-corrected chi connectivity index (χ2v) is 6.48. The van der Waals surface area contributed by atoms with Gasteiger partial charge in [0.25, 0.3) is 0 Å². The Kier molecular flexibility index (Phi) is 3.87. The molecule has 2 saturated heterocycles. The molecular weight excluding hydrogens is 270 g/mol. The number of hydrogen-bond donors (Lipinski definition) is 1. The average molecular weight is 290 g/mol. The fourth-order valence-electron chi connectivity index (χ4n) is 3.67. The Morgan fingerprint density at radius 1 is 1.35 bits per heavy atom. The van der Waals surface area contributed by atoms with Crippen molar-refractivity contribution in [2.45, 2.75) is 37.8 Å². The van der Waals surface area contributed by atoms with Gasteiger partial charge in [-0.2, -0.15) is 5.26 Å². The zero-order valence-electron chi connectivity index (χ0n) is 11.8. The molecule has 2 atom stereocenters. The molecule has 2 aliphatic heterocycles. The van der Waals surface area contributed by atoms with Crippen molar-refractivity contribution in [1.29, 1.82) is 5.26 Å². The van der Waals surface area contributed by atoms with Gasteiger partial charge in [-0.1, -0.05) is 11.6 Å². The quantitative estimate of drug-likeness (QED) is 0.926. The van der Waals surface area contributed by atoms with E-state index in [0.29, 0.717) is 10.6 Å². The molecule has 1 N–H and O–H groups in total. The average Bonchev–Trinajstić information content (AvgIpc) is 2.66. The Labute approximate surface area is 125 Å². The van der Waals surface area contributed by atoms with Crippen molar-refractivity contribution in [2.24, 2.45) is 5.92 Å². The molecule has 3 nitrogen and oxygen atoms in total. The number of piperidine rings is 1. The molecule has 2 fully saturated rings. The van der Waals surface area contributed by atoms with Crippen LogP contribution in [0.3, 0.4) is 0 Å². The highest BCUT2D eigenvalue weighted by Gasteiger charge is 2.37. The van der Waals surface area contributed by atoms with Crippen LogP contribution in [0.2, 0.25) is 5.02 Å². The molecule has 0 aromatic heterocycles. The van der Waals surface area contributed by atoms with Gasteiger partial charge in [-0.05, 0) is 56.8 Å². The van der Waals surface area contributed by atoms with Crippen molar-refractivity contribution in [2.75, 3.05) is 18.9 Å². The van der Waals surface area contributed by atoms with E-state index >= 15 is 0 Å². The highest BCUT2D eigenvalue weighted by atomic mass is 35.5. The van der Waals surface area contributed by atoms with Crippen molar-refractivity contribution < 1.29 is 0 Å². The third-order valence-corrected chi connectivity index (χ3v) is 5.19. The summed E-state index contributed by atoms with van der Waals surface area (Å²) in [5.41, 5.74) is 1.55.